The first-order valence-corrected chi connectivity index (χ1v) is 15.1. The molecule has 46 heavy (non-hydrogen) atoms. The largest absolute Gasteiger partial charge is 0.363 e. The summed E-state index contributed by atoms with van der Waals surface area (Å²) in [6.07, 6.45) is 13.3. The summed E-state index contributed by atoms with van der Waals surface area (Å²) >= 11 is 0. The fourth-order valence-electron chi connectivity index (χ4n) is 5.51. The van der Waals surface area contributed by atoms with E-state index >= 15 is 0 Å². The Balaban J connectivity index is 1.13. The van der Waals surface area contributed by atoms with Gasteiger partial charge >= 0.3 is 6.03 Å². The Labute approximate surface area is 266 Å². The molecule has 0 radical (unpaired) electrons. The van der Waals surface area contributed by atoms with Gasteiger partial charge in [-0.1, -0.05) is 30.3 Å². The van der Waals surface area contributed by atoms with Gasteiger partial charge in [0, 0.05) is 55.4 Å². The molecule has 1 fully saturated rings. The van der Waals surface area contributed by atoms with Crippen molar-refractivity contribution in [3.63, 3.8) is 0 Å². The topological polar surface area (TPSA) is 162 Å². The van der Waals surface area contributed by atoms with E-state index in [0.29, 0.717) is 36.2 Å². The van der Waals surface area contributed by atoms with Gasteiger partial charge in [-0.25, -0.2) is 24.7 Å². The molecule has 1 aliphatic carbocycles. The van der Waals surface area contributed by atoms with Crippen LogP contribution in [0.5, 0.6) is 0 Å². The summed E-state index contributed by atoms with van der Waals surface area (Å²) in [5.74, 6) is 1.48. The number of aromatic nitrogens is 7. The smallest absolute Gasteiger partial charge is 0.323 e. The molecule has 4 heterocycles. The SMILES string of the molecule is Cn1cc(-c2ccc(N(C(=O)NCc3ccccc3)[C@H]3CC[C@H](Nc4ncc(C#N)c(NCc5ccncn5)n4)CC3)nc2)cn1. The molecule has 1 aromatic carbocycles. The van der Waals surface area contributed by atoms with Gasteiger partial charge in [0.25, 0.3) is 0 Å². The van der Waals surface area contributed by atoms with Crippen molar-refractivity contribution in [2.75, 3.05) is 15.5 Å². The minimum atomic E-state index is -0.184. The monoisotopic (exact) mass is 614 g/mol. The molecule has 6 rings (SSSR count). The third-order valence-electron chi connectivity index (χ3n) is 7.92. The maximum Gasteiger partial charge on any atom is 0.323 e. The molecule has 2 amide bonds. The maximum absolute atomic E-state index is 13.7. The van der Waals surface area contributed by atoms with E-state index in [2.05, 4.69) is 47.1 Å². The van der Waals surface area contributed by atoms with Crippen molar-refractivity contribution in [3.8, 4) is 17.2 Å². The zero-order valence-electron chi connectivity index (χ0n) is 25.4. The van der Waals surface area contributed by atoms with Crippen LogP contribution < -0.4 is 20.9 Å². The number of amides is 2. The van der Waals surface area contributed by atoms with E-state index in [-0.39, 0.29) is 18.1 Å². The number of carbonyl (C=O) groups is 1. The van der Waals surface area contributed by atoms with E-state index in [1.54, 1.807) is 34.2 Å². The molecule has 0 unspecified atom stereocenters. The van der Waals surface area contributed by atoms with Crippen LogP contribution in [-0.2, 0) is 20.1 Å². The standard InChI is InChI=1S/C33H34N12O/c1-44-21-26(19-41-44)24-7-12-30(36-17-24)45(33(46)39-16-23-5-3-2-4-6-23)29-10-8-27(9-11-29)42-32-38-18-25(15-34)31(43-32)37-20-28-13-14-35-22-40-28/h2-7,12-14,17-19,21-22,27,29H,8-11,16,20H2,1H3,(H,39,46)(H2,37,38,42,43)/t27-,29-. The predicted octanol–water partition coefficient (Wildman–Crippen LogP) is 4.69. The summed E-state index contributed by atoms with van der Waals surface area (Å²) < 4.78 is 1.75. The molecule has 0 spiro atoms. The van der Waals surface area contributed by atoms with Crippen LogP contribution in [0.3, 0.4) is 0 Å². The van der Waals surface area contributed by atoms with Crippen molar-refractivity contribution >= 4 is 23.6 Å². The van der Waals surface area contributed by atoms with Crippen LogP contribution in [0, 0.1) is 11.3 Å². The molecule has 4 aromatic heterocycles. The molecular weight excluding hydrogens is 580 g/mol. The van der Waals surface area contributed by atoms with Gasteiger partial charge in [0.2, 0.25) is 5.95 Å². The van der Waals surface area contributed by atoms with Crippen LogP contribution in [0.1, 0.15) is 42.5 Å². The minimum Gasteiger partial charge on any atom is -0.363 e. The number of anilines is 3. The number of pyridine rings is 1. The van der Waals surface area contributed by atoms with Gasteiger partial charge in [-0.2, -0.15) is 15.3 Å². The van der Waals surface area contributed by atoms with Gasteiger partial charge in [0.15, 0.2) is 0 Å². The average molecular weight is 615 g/mol. The number of urea groups is 1. The van der Waals surface area contributed by atoms with Crippen LogP contribution in [0.2, 0.25) is 0 Å². The van der Waals surface area contributed by atoms with E-state index in [1.807, 2.05) is 55.7 Å². The molecule has 0 bridgehead atoms. The van der Waals surface area contributed by atoms with E-state index in [9.17, 15) is 10.1 Å². The Bertz CT molecular complexity index is 1780. The summed E-state index contributed by atoms with van der Waals surface area (Å²) in [7, 11) is 1.88. The van der Waals surface area contributed by atoms with Crippen molar-refractivity contribution in [3.05, 3.63) is 103 Å². The highest BCUT2D eigenvalue weighted by Crippen LogP contribution is 2.30. The van der Waals surface area contributed by atoms with Crippen LogP contribution >= 0.6 is 0 Å². The number of hydrogen-bond acceptors (Lipinski definition) is 10. The number of benzene rings is 1. The van der Waals surface area contributed by atoms with Gasteiger partial charge in [0.05, 0.1) is 24.6 Å². The van der Waals surface area contributed by atoms with E-state index in [4.69, 9.17) is 4.98 Å². The molecule has 3 N–H and O–H groups in total. The third-order valence-corrected chi connectivity index (χ3v) is 7.92. The van der Waals surface area contributed by atoms with Crippen LogP contribution in [-0.4, -0.2) is 52.8 Å². The number of rotatable bonds is 10. The number of carbonyl (C=O) groups excluding carboxylic acids is 1. The quantitative estimate of drug-likeness (QED) is 0.201. The second kappa shape index (κ2) is 14.3. The zero-order valence-corrected chi connectivity index (χ0v) is 25.4. The highest BCUT2D eigenvalue weighted by molar-refractivity contribution is 5.91. The van der Waals surface area contributed by atoms with Gasteiger partial charge in [-0.3, -0.25) is 9.58 Å². The zero-order chi connectivity index (χ0) is 31.7. The minimum absolute atomic E-state index is 0.0439. The van der Waals surface area contributed by atoms with Crippen molar-refractivity contribution in [2.45, 2.75) is 50.9 Å². The first-order valence-electron chi connectivity index (χ1n) is 15.1. The van der Waals surface area contributed by atoms with Gasteiger partial charge in [0.1, 0.15) is 29.6 Å². The maximum atomic E-state index is 13.7. The van der Waals surface area contributed by atoms with Crippen LogP contribution in [0.15, 0.2) is 85.8 Å². The summed E-state index contributed by atoms with van der Waals surface area (Å²) in [5.41, 5.74) is 4.05. The summed E-state index contributed by atoms with van der Waals surface area (Å²) in [4.78, 5) is 37.3. The summed E-state index contributed by atoms with van der Waals surface area (Å²) in [5, 5.41) is 23.5. The molecule has 13 heteroatoms. The van der Waals surface area contributed by atoms with Crippen molar-refractivity contribution in [2.24, 2.45) is 7.05 Å². The number of nitrogens with zero attached hydrogens (tertiary/aromatic N) is 9. The van der Waals surface area contributed by atoms with E-state index in [0.717, 1.165) is 48.1 Å². The fraction of sp³-hybridized carbons (Fsp3) is 0.273. The first-order chi connectivity index (χ1) is 22.6. The highest BCUT2D eigenvalue weighted by Gasteiger charge is 2.31. The molecule has 1 saturated carbocycles. The lowest BCUT2D eigenvalue weighted by Gasteiger charge is -2.36. The normalized spacial score (nSPS) is 15.8. The lowest BCUT2D eigenvalue weighted by atomic mass is 9.90. The average Bonchev–Trinajstić information content (AvgIpc) is 3.54. The molecule has 232 valence electrons. The molecule has 5 aromatic rings. The molecule has 0 atom stereocenters. The predicted molar refractivity (Wildman–Crippen MR) is 173 cm³/mol. The Hall–Kier alpha value is -5.90. The van der Waals surface area contributed by atoms with Crippen molar-refractivity contribution in [1.82, 2.24) is 40.0 Å². The highest BCUT2D eigenvalue weighted by atomic mass is 16.2. The second-order valence-electron chi connectivity index (χ2n) is 11.1. The van der Waals surface area contributed by atoms with Gasteiger partial charge in [-0.05, 0) is 49.4 Å². The van der Waals surface area contributed by atoms with Gasteiger partial charge < -0.3 is 16.0 Å². The van der Waals surface area contributed by atoms with E-state index < -0.39 is 0 Å². The Kier molecular flexibility index (Phi) is 9.34. The first kappa shape index (κ1) is 30.1. The van der Waals surface area contributed by atoms with Crippen molar-refractivity contribution < 1.29 is 4.79 Å². The summed E-state index contributed by atoms with van der Waals surface area (Å²) in [6.45, 7) is 0.822. The number of nitrogens with one attached hydrogen (secondary N) is 3. The number of aryl methyl sites for hydroxylation is 1. The number of nitriles is 1. The van der Waals surface area contributed by atoms with Gasteiger partial charge in [-0.15, -0.1) is 0 Å². The lowest BCUT2D eigenvalue weighted by Crippen LogP contribution is -2.49. The Morgan fingerprint density at radius 2 is 1.83 bits per heavy atom. The Morgan fingerprint density at radius 1 is 0.978 bits per heavy atom. The molecular formula is C33H34N12O. The molecule has 0 aliphatic heterocycles. The molecule has 1 aliphatic rings. The molecule has 0 saturated heterocycles. The van der Waals surface area contributed by atoms with Crippen molar-refractivity contribution in [1.29, 1.82) is 5.26 Å². The fourth-order valence-corrected chi connectivity index (χ4v) is 5.51. The lowest BCUT2D eigenvalue weighted by molar-refractivity contribution is 0.240. The van der Waals surface area contributed by atoms with Crippen LogP contribution in [0.25, 0.3) is 11.1 Å². The summed E-state index contributed by atoms with van der Waals surface area (Å²) in [6, 6.07) is 17.5. The Morgan fingerprint density at radius 3 is 2.52 bits per heavy atom. The second-order valence-corrected chi connectivity index (χ2v) is 11.1. The third kappa shape index (κ3) is 7.41. The van der Waals surface area contributed by atoms with E-state index in [1.165, 1.54) is 12.5 Å². The number of hydrogen-bond donors (Lipinski definition) is 3. The van der Waals surface area contributed by atoms with Crippen LogP contribution in [0.4, 0.5) is 22.4 Å². The molecule has 13 nitrogen and oxygen atoms in total.